The van der Waals surface area contributed by atoms with Crippen LogP contribution in [0, 0.1) is 11.3 Å². The van der Waals surface area contributed by atoms with E-state index in [2.05, 4.69) is 25.7 Å². The van der Waals surface area contributed by atoms with E-state index in [9.17, 15) is 5.11 Å². The molecule has 2 rings (SSSR count). The molecule has 0 amide bonds. The quantitative estimate of drug-likeness (QED) is 0.818. The smallest absolute Gasteiger partial charge is 0.0555 e. The van der Waals surface area contributed by atoms with Gasteiger partial charge in [0.25, 0.3) is 0 Å². The molecule has 0 radical (unpaired) electrons. The average molecular weight is 267 g/mol. The minimum atomic E-state index is -0.0530. The molecule has 2 atom stereocenters. The summed E-state index contributed by atoms with van der Waals surface area (Å²) in [5, 5.41) is 10.1. The molecule has 0 bridgehead atoms. The Hall–Kier alpha value is -0.0800. The summed E-state index contributed by atoms with van der Waals surface area (Å²) in [6.45, 7) is 9.34. The molecule has 2 aliphatic rings. The molecule has 2 aliphatic carbocycles. The first-order chi connectivity index (χ1) is 9.07. The van der Waals surface area contributed by atoms with E-state index in [-0.39, 0.29) is 6.10 Å². The summed E-state index contributed by atoms with van der Waals surface area (Å²) in [7, 11) is 0. The predicted molar refractivity (Wildman–Crippen MR) is 81.2 cm³/mol. The number of hydrogen-bond donors (Lipinski definition) is 1. The van der Waals surface area contributed by atoms with Gasteiger partial charge in [0.2, 0.25) is 0 Å². The van der Waals surface area contributed by atoms with Crippen LogP contribution in [-0.2, 0) is 0 Å². The zero-order valence-corrected chi connectivity index (χ0v) is 13.2. The van der Waals surface area contributed by atoms with Crippen molar-refractivity contribution in [1.29, 1.82) is 0 Å². The maximum Gasteiger partial charge on any atom is 0.0555 e. The molecule has 0 aliphatic heterocycles. The van der Waals surface area contributed by atoms with E-state index >= 15 is 0 Å². The number of rotatable bonds is 5. The van der Waals surface area contributed by atoms with Gasteiger partial charge in [-0.25, -0.2) is 0 Å². The molecule has 2 saturated carbocycles. The lowest BCUT2D eigenvalue weighted by atomic mass is 9.67. The Labute approximate surface area is 119 Å². The zero-order valence-electron chi connectivity index (χ0n) is 13.2. The Morgan fingerprint density at radius 2 is 1.89 bits per heavy atom. The van der Waals surface area contributed by atoms with Crippen molar-refractivity contribution < 1.29 is 5.11 Å². The molecular weight excluding hydrogens is 234 g/mol. The summed E-state index contributed by atoms with van der Waals surface area (Å²) in [5.74, 6) is 0.726. The fourth-order valence-electron chi connectivity index (χ4n) is 4.58. The first-order valence-corrected chi connectivity index (χ1v) is 8.49. The second-order valence-corrected chi connectivity index (χ2v) is 7.40. The number of hydrogen-bond acceptors (Lipinski definition) is 2. The fraction of sp³-hybridized carbons (Fsp3) is 1.00. The Balaban J connectivity index is 2.14. The Morgan fingerprint density at radius 1 is 1.21 bits per heavy atom. The van der Waals surface area contributed by atoms with Gasteiger partial charge in [-0.05, 0) is 56.4 Å². The van der Waals surface area contributed by atoms with Gasteiger partial charge in [0, 0.05) is 12.6 Å². The van der Waals surface area contributed by atoms with Crippen molar-refractivity contribution in [2.45, 2.75) is 84.3 Å². The van der Waals surface area contributed by atoms with E-state index in [1.54, 1.807) is 0 Å². The molecule has 2 nitrogen and oxygen atoms in total. The van der Waals surface area contributed by atoms with Crippen molar-refractivity contribution in [2.24, 2.45) is 11.3 Å². The number of nitrogens with zero attached hydrogens (tertiary/aromatic N) is 1. The van der Waals surface area contributed by atoms with Crippen LogP contribution in [0.1, 0.15) is 72.1 Å². The highest BCUT2D eigenvalue weighted by atomic mass is 16.3. The lowest BCUT2D eigenvalue weighted by molar-refractivity contribution is -0.0304. The summed E-state index contributed by atoms with van der Waals surface area (Å²) >= 11 is 0. The van der Waals surface area contributed by atoms with Crippen molar-refractivity contribution in [1.82, 2.24) is 4.90 Å². The predicted octanol–water partition coefficient (Wildman–Crippen LogP) is 3.83. The lowest BCUT2D eigenvalue weighted by Crippen LogP contribution is -2.52. The van der Waals surface area contributed by atoms with Gasteiger partial charge in [-0.1, -0.05) is 33.6 Å². The minimum Gasteiger partial charge on any atom is -0.393 e. The van der Waals surface area contributed by atoms with Gasteiger partial charge < -0.3 is 5.11 Å². The summed E-state index contributed by atoms with van der Waals surface area (Å²) in [4.78, 5) is 2.72. The fourth-order valence-corrected chi connectivity index (χ4v) is 4.58. The van der Waals surface area contributed by atoms with E-state index in [0.29, 0.717) is 11.5 Å². The molecule has 0 aromatic heterocycles. The summed E-state index contributed by atoms with van der Waals surface area (Å²) in [6.07, 6.45) is 10.1. The van der Waals surface area contributed by atoms with Crippen LogP contribution >= 0.6 is 0 Å². The van der Waals surface area contributed by atoms with E-state index in [1.165, 1.54) is 51.6 Å². The first-order valence-electron chi connectivity index (χ1n) is 8.49. The van der Waals surface area contributed by atoms with Gasteiger partial charge in [-0.15, -0.1) is 0 Å². The molecular formula is C17H33NO. The summed E-state index contributed by atoms with van der Waals surface area (Å²) in [6, 6.07) is 0.640. The second kappa shape index (κ2) is 6.58. The van der Waals surface area contributed by atoms with Crippen LogP contribution in [0.4, 0.5) is 0 Å². The molecule has 19 heavy (non-hydrogen) atoms. The van der Waals surface area contributed by atoms with Crippen LogP contribution in [-0.4, -0.2) is 35.2 Å². The van der Waals surface area contributed by atoms with E-state index in [4.69, 9.17) is 0 Å². The Morgan fingerprint density at radius 3 is 2.47 bits per heavy atom. The number of aliphatic hydroxyl groups excluding tert-OH is 1. The monoisotopic (exact) mass is 267 g/mol. The van der Waals surface area contributed by atoms with Crippen molar-refractivity contribution in [3.8, 4) is 0 Å². The van der Waals surface area contributed by atoms with Gasteiger partial charge in [0.05, 0.1) is 6.10 Å². The van der Waals surface area contributed by atoms with E-state index in [1.807, 2.05) is 0 Å². The molecule has 0 saturated heterocycles. The molecule has 1 spiro atoms. The van der Waals surface area contributed by atoms with Crippen LogP contribution in [0.25, 0.3) is 0 Å². The molecule has 2 unspecified atom stereocenters. The minimum absolute atomic E-state index is 0.0530. The van der Waals surface area contributed by atoms with Crippen LogP contribution < -0.4 is 0 Å². The molecule has 0 aromatic rings. The standard InChI is InChI=1S/C17H33NO/c1-4-11-18(13-14(2)3)16-12-15(19)7-10-17(16)8-5-6-9-17/h14-16,19H,4-13H2,1-3H3. The summed E-state index contributed by atoms with van der Waals surface area (Å²) in [5.41, 5.74) is 0.545. The second-order valence-electron chi connectivity index (χ2n) is 7.40. The van der Waals surface area contributed by atoms with Crippen molar-refractivity contribution in [2.75, 3.05) is 13.1 Å². The van der Waals surface area contributed by atoms with Crippen LogP contribution in [0.2, 0.25) is 0 Å². The third kappa shape index (κ3) is 3.52. The third-order valence-corrected chi connectivity index (χ3v) is 5.33. The SMILES string of the molecule is CCCN(CC(C)C)C1CC(O)CCC12CCCC2. The van der Waals surface area contributed by atoms with Gasteiger partial charge in [-0.2, -0.15) is 0 Å². The molecule has 1 N–H and O–H groups in total. The maximum absolute atomic E-state index is 10.1. The molecule has 0 aromatic carbocycles. The third-order valence-electron chi connectivity index (χ3n) is 5.33. The Kier molecular flexibility index (Phi) is 5.30. The van der Waals surface area contributed by atoms with Crippen LogP contribution in [0.15, 0.2) is 0 Å². The van der Waals surface area contributed by atoms with Crippen LogP contribution in [0.3, 0.4) is 0 Å². The van der Waals surface area contributed by atoms with E-state index < -0.39 is 0 Å². The molecule has 112 valence electrons. The van der Waals surface area contributed by atoms with Gasteiger partial charge in [0.1, 0.15) is 0 Å². The first kappa shape index (κ1) is 15.3. The lowest BCUT2D eigenvalue weighted by Gasteiger charge is -2.49. The van der Waals surface area contributed by atoms with Crippen LogP contribution in [0.5, 0.6) is 0 Å². The molecule has 2 fully saturated rings. The normalized spacial score (nSPS) is 30.6. The van der Waals surface area contributed by atoms with Gasteiger partial charge in [0.15, 0.2) is 0 Å². The highest BCUT2D eigenvalue weighted by Crippen LogP contribution is 2.51. The average Bonchev–Trinajstić information content (AvgIpc) is 2.81. The van der Waals surface area contributed by atoms with Gasteiger partial charge >= 0.3 is 0 Å². The van der Waals surface area contributed by atoms with Gasteiger partial charge in [-0.3, -0.25) is 4.90 Å². The van der Waals surface area contributed by atoms with E-state index in [0.717, 1.165) is 18.8 Å². The van der Waals surface area contributed by atoms with Crippen molar-refractivity contribution in [3.63, 3.8) is 0 Å². The Bertz CT molecular complexity index is 270. The highest BCUT2D eigenvalue weighted by molar-refractivity contribution is 5.00. The zero-order chi connectivity index (χ0) is 13.9. The van der Waals surface area contributed by atoms with Crippen molar-refractivity contribution >= 4 is 0 Å². The largest absolute Gasteiger partial charge is 0.393 e. The molecule has 2 heteroatoms. The summed E-state index contributed by atoms with van der Waals surface area (Å²) < 4.78 is 0. The number of aliphatic hydroxyl groups is 1. The maximum atomic E-state index is 10.1. The molecule has 0 heterocycles. The topological polar surface area (TPSA) is 23.5 Å². The highest BCUT2D eigenvalue weighted by Gasteiger charge is 2.46. The van der Waals surface area contributed by atoms with Crippen molar-refractivity contribution in [3.05, 3.63) is 0 Å².